The molecule has 142 valence electrons. The van der Waals surface area contributed by atoms with E-state index >= 15 is 0 Å². The zero-order valence-electron chi connectivity index (χ0n) is 15.3. The Morgan fingerprint density at radius 3 is 2.56 bits per heavy atom. The molecule has 0 bridgehead atoms. The number of β-amino-alcohol motifs (C(OH)–C–C–N with tert-alkyl or cyclic N) is 1. The molecule has 3 atom stereocenters. The first kappa shape index (κ1) is 19.0. The average molecular weight is 368 g/mol. The number of amides is 1. The second kappa shape index (κ2) is 8.77. The summed E-state index contributed by atoms with van der Waals surface area (Å²) in [6.45, 7) is 2.75. The zero-order valence-corrected chi connectivity index (χ0v) is 15.3. The SMILES string of the molecule is CC1CN(C(=O)OCc2ccccc2)CC(O)C1CC(=O)c1ccccn1. The number of nitrogens with zero attached hydrogens (tertiary/aromatic N) is 2. The summed E-state index contributed by atoms with van der Waals surface area (Å²) in [4.78, 5) is 30.3. The Bertz CT molecular complexity index is 754. The highest BCUT2D eigenvalue weighted by Crippen LogP contribution is 2.28. The molecule has 2 aromatic rings. The van der Waals surface area contributed by atoms with Crippen LogP contribution in [0.25, 0.3) is 0 Å². The predicted octanol–water partition coefficient (Wildman–Crippen LogP) is 2.92. The van der Waals surface area contributed by atoms with Crippen LogP contribution in [0.15, 0.2) is 54.7 Å². The van der Waals surface area contributed by atoms with Crippen molar-refractivity contribution in [1.82, 2.24) is 9.88 Å². The number of aliphatic hydroxyl groups is 1. The van der Waals surface area contributed by atoms with E-state index in [1.165, 1.54) is 4.90 Å². The van der Waals surface area contributed by atoms with Gasteiger partial charge in [0.1, 0.15) is 12.3 Å². The van der Waals surface area contributed by atoms with Gasteiger partial charge in [0.15, 0.2) is 5.78 Å². The van der Waals surface area contributed by atoms with Gasteiger partial charge in [-0.15, -0.1) is 0 Å². The van der Waals surface area contributed by atoms with Gasteiger partial charge in [0.05, 0.1) is 12.6 Å². The van der Waals surface area contributed by atoms with Crippen molar-refractivity contribution in [2.75, 3.05) is 13.1 Å². The summed E-state index contributed by atoms with van der Waals surface area (Å²) >= 11 is 0. The number of ether oxygens (including phenoxy) is 1. The molecule has 3 unspecified atom stereocenters. The third kappa shape index (κ3) is 4.92. The lowest BCUT2D eigenvalue weighted by atomic mass is 9.81. The van der Waals surface area contributed by atoms with E-state index in [0.29, 0.717) is 12.2 Å². The van der Waals surface area contributed by atoms with E-state index in [1.54, 1.807) is 24.4 Å². The molecule has 1 aromatic heterocycles. The topological polar surface area (TPSA) is 79.7 Å². The van der Waals surface area contributed by atoms with Crippen molar-refractivity contribution < 1.29 is 19.4 Å². The van der Waals surface area contributed by atoms with Crippen LogP contribution in [-0.2, 0) is 11.3 Å². The highest BCUT2D eigenvalue weighted by atomic mass is 16.6. The normalized spacial score (nSPS) is 22.3. The summed E-state index contributed by atoms with van der Waals surface area (Å²) in [5.41, 5.74) is 1.32. The van der Waals surface area contributed by atoms with Crippen molar-refractivity contribution >= 4 is 11.9 Å². The number of pyridine rings is 1. The van der Waals surface area contributed by atoms with Crippen LogP contribution in [0, 0.1) is 11.8 Å². The molecule has 1 amide bonds. The average Bonchev–Trinajstić information content (AvgIpc) is 2.70. The molecule has 1 aliphatic rings. The first-order valence-corrected chi connectivity index (χ1v) is 9.12. The summed E-state index contributed by atoms with van der Waals surface area (Å²) < 4.78 is 5.35. The van der Waals surface area contributed by atoms with Gasteiger partial charge in [0, 0.05) is 19.2 Å². The Morgan fingerprint density at radius 1 is 1.15 bits per heavy atom. The number of hydrogen-bond acceptors (Lipinski definition) is 5. The van der Waals surface area contributed by atoms with E-state index in [1.807, 2.05) is 37.3 Å². The number of Topliss-reactive ketones (excluding diaryl/α,β-unsaturated/α-hetero) is 1. The van der Waals surface area contributed by atoms with Crippen LogP contribution in [0.2, 0.25) is 0 Å². The summed E-state index contributed by atoms with van der Waals surface area (Å²) in [5.74, 6) is -0.324. The van der Waals surface area contributed by atoms with Crippen LogP contribution >= 0.6 is 0 Å². The summed E-state index contributed by atoms with van der Waals surface area (Å²) in [6.07, 6.45) is 0.579. The lowest BCUT2D eigenvalue weighted by Gasteiger charge is -2.39. The predicted molar refractivity (Wildman–Crippen MR) is 100 cm³/mol. The maximum atomic E-state index is 12.4. The van der Waals surface area contributed by atoms with Gasteiger partial charge >= 0.3 is 6.09 Å². The van der Waals surface area contributed by atoms with Gasteiger partial charge in [-0.05, 0) is 29.5 Å². The standard InChI is InChI=1S/C21H24N2O4/c1-15-12-23(21(26)27-14-16-7-3-2-4-8-16)13-20(25)17(15)11-19(24)18-9-5-6-10-22-18/h2-10,15,17,20,25H,11-14H2,1H3. The molecular weight excluding hydrogens is 344 g/mol. The fourth-order valence-corrected chi connectivity index (χ4v) is 3.44. The Labute approximate surface area is 158 Å². The molecule has 0 radical (unpaired) electrons. The molecule has 3 rings (SSSR count). The number of rotatable bonds is 5. The maximum absolute atomic E-state index is 12.4. The van der Waals surface area contributed by atoms with Crippen molar-refractivity contribution in [3.63, 3.8) is 0 Å². The van der Waals surface area contributed by atoms with Crippen molar-refractivity contribution in [3.05, 3.63) is 66.0 Å². The number of piperidine rings is 1. The highest BCUT2D eigenvalue weighted by Gasteiger charge is 2.37. The van der Waals surface area contributed by atoms with E-state index in [4.69, 9.17) is 4.74 Å². The van der Waals surface area contributed by atoms with Gasteiger partial charge in [-0.1, -0.05) is 43.3 Å². The number of carbonyl (C=O) groups is 2. The summed E-state index contributed by atoms with van der Waals surface area (Å²) in [7, 11) is 0. The smallest absolute Gasteiger partial charge is 0.410 e. The molecule has 1 fully saturated rings. The van der Waals surface area contributed by atoms with Crippen molar-refractivity contribution in [1.29, 1.82) is 0 Å². The molecule has 1 saturated heterocycles. The van der Waals surface area contributed by atoms with Crippen LogP contribution in [0.1, 0.15) is 29.4 Å². The number of ketones is 1. The van der Waals surface area contributed by atoms with E-state index in [2.05, 4.69) is 4.98 Å². The number of likely N-dealkylation sites (tertiary alicyclic amines) is 1. The van der Waals surface area contributed by atoms with Gasteiger partial charge in [-0.2, -0.15) is 0 Å². The van der Waals surface area contributed by atoms with Crippen LogP contribution in [0.3, 0.4) is 0 Å². The minimum Gasteiger partial charge on any atom is -0.445 e. The molecule has 0 saturated carbocycles. The molecule has 6 nitrogen and oxygen atoms in total. The molecule has 0 spiro atoms. The van der Waals surface area contributed by atoms with Crippen LogP contribution in [-0.4, -0.2) is 46.1 Å². The largest absolute Gasteiger partial charge is 0.445 e. The monoisotopic (exact) mass is 368 g/mol. The van der Waals surface area contributed by atoms with Crippen LogP contribution < -0.4 is 0 Å². The van der Waals surface area contributed by atoms with Gasteiger partial charge in [0.2, 0.25) is 0 Å². The van der Waals surface area contributed by atoms with E-state index in [-0.39, 0.29) is 37.2 Å². The molecular formula is C21H24N2O4. The number of aromatic nitrogens is 1. The first-order valence-electron chi connectivity index (χ1n) is 9.12. The Balaban J connectivity index is 1.54. The van der Waals surface area contributed by atoms with Gasteiger partial charge in [0.25, 0.3) is 0 Å². The Hall–Kier alpha value is -2.73. The zero-order chi connectivity index (χ0) is 19.2. The van der Waals surface area contributed by atoms with Gasteiger partial charge in [-0.25, -0.2) is 4.79 Å². The summed E-state index contributed by atoms with van der Waals surface area (Å²) in [5, 5.41) is 10.5. The van der Waals surface area contributed by atoms with Crippen molar-refractivity contribution in [3.8, 4) is 0 Å². The maximum Gasteiger partial charge on any atom is 0.410 e. The van der Waals surface area contributed by atoms with E-state index < -0.39 is 12.2 Å². The number of carbonyl (C=O) groups excluding carboxylic acids is 2. The lowest BCUT2D eigenvalue weighted by molar-refractivity contribution is -0.0131. The molecule has 1 N–H and O–H groups in total. The molecule has 6 heteroatoms. The highest BCUT2D eigenvalue weighted by molar-refractivity contribution is 5.94. The fourth-order valence-electron chi connectivity index (χ4n) is 3.44. The lowest BCUT2D eigenvalue weighted by Crippen LogP contribution is -2.51. The molecule has 27 heavy (non-hydrogen) atoms. The number of benzene rings is 1. The van der Waals surface area contributed by atoms with Crippen molar-refractivity contribution in [2.24, 2.45) is 11.8 Å². The van der Waals surface area contributed by atoms with Gasteiger partial charge in [-0.3, -0.25) is 9.78 Å². The summed E-state index contributed by atoms with van der Waals surface area (Å²) in [6, 6.07) is 14.7. The Morgan fingerprint density at radius 2 is 1.89 bits per heavy atom. The second-order valence-corrected chi connectivity index (χ2v) is 7.00. The number of hydrogen-bond donors (Lipinski definition) is 1. The van der Waals surface area contributed by atoms with E-state index in [9.17, 15) is 14.7 Å². The molecule has 1 aliphatic heterocycles. The molecule has 1 aromatic carbocycles. The third-order valence-electron chi connectivity index (χ3n) is 4.98. The fraction of sp³-hybridized carbons (Fsp3) is 0.381. The van der Waals surface area contributed by atoms with Crippen LogP contribution in [0.5, 0.6) is 0 Å². The number of aliphatic hydroxyl groups excluding tert-OH is 1. The molecule has 2 heterocycles. The van der Waals surface area contributed by atoms with Gasteiger partial charge < -0.3 is 14.7 Å². The quantitative estimate of drug-likeness (QED) is 0.821. The van der Waals surface area contributed by atoms with E-state index in [0.717, 1.165) is 5.56 Å². The molecule has 0 aliphatic carbocycles. The minimum absolute atomic E-state index is 0.0225. The van der Waals surface area contributed by atoms with Crippen molar-refractivity contribution in [2.45, 2.75) is 26.1 Å². The second-order valence-electron chi connectivity index (χ2n) is 7.00. The third-order valence-corrected chi connectivity index (χ3v) is 4.98. The Kier molecular flexibility index (Phi) is 6.19. The minimum atomic E-state index is -0.773. The first-order chi connectivity index (χ1) is 13.0. The van der Waals surface area contributed by atoms with Crippen LogP contribution in [0.4, 0.5) is 4.79 Å².